The van der Waals surface area contributed by atoms with Crippen molar-refractivity contribution in [1.29, 1.82) is 5.26 Å². The summed E-state index contributed by atoms with van der Waals surface area (Å²) in [5, 5.41) is 11.5. The molecule has 20 heavy (non-hydrogen) atoms. The van der Waals surface area contributed by atoms with Crippen molar-refractivity contribution in [3.05, 3.63) is 54.0 Å². The Balaban J connectivity index is 1.84. The fourth-order valence-electron chi connectivity index (χ4n) is 1.70. The number of ether oxygens (including phenoxy) is 1. The second kappa shape index (κ2) is 6.43. The second-order valence-corrected chi connectivity index (χ2v) is 4.23. The maximum atomic E-state index is 11.7. The van der Waals surface area contributed by atoms with Gasteiger partial charge in [0.1, 0.15) is 11.5 Å². The van der Waals surface area contributed by atoms with Crippen molar-refractivity contribution in [1.82, 2.24) is 5.32 Å². The Morgan fingerprint density at radius 3 is 3.00 bits per heavy atom. The quantitative estimate of drug-likeness (QED) is 0.905. The van der Waals surface area contributed by atoms with E-state index in [-0.39, 0.29) is 18.6 Å². The van der Waals surface area contributed by atoms with Gasteiger partial charge in [0.15, 0.2) is 6.61 Å². The number of furan rings is 1. The molecule has 0 spiro atoms. The van der Waals surface area contributed by atoms with Crippen LogP contribution in [-0.2, 0) is 4.79 Å². The topological polar surface area (TPSA) is 75.3 Å². The lowest BCUT2D eigenvalue weighted by Crippen LogP contribution is -2.31. The van der Waals surface area contributed by atoms with Gasteiger partial charge in [-0.1, -0.05) is 6.07 Å². The van der Waals surface area contributed by atoms with E-state index in [4.69, 9.17) is 14.4 Å². The van der Waals surface area contributed by atoms with Gasteiger partial charge in [-0.15, -0.1) is 0 Å². The van der Waals surface area contributed by atoms with E-state index in [1.807, 2.05) is 13.0 Å². The number of nitriles is 1. The van der Waals surface area contributed by atoms with Crippen LogP contribution < -0.4 is 10.1 Å². The molecule has 1 N–H and O–H groups in total. The van der Waals surface area contributed by atoms with E-state index in [9.17, 15) is 4.79 Å². The molecule has 1 amide bonds. The number of benzene rings is 1. The Hall–Kier alpha value is -2.74. The smallest absolute Gasteiger partial charge is 0.258 e. The van der Waals surface area contributed by atoms with Crippen LogP contribution in [0.3, 0.4) is 0 Å². The standard InChI is InChI=1S/C15H14N2O3/c1-11(14-6-3-7-19-14)17-15(18)10-20-13-5-2-4-12(8-13)9-16/h2-8,11H,10H2,1H3,(H,17,18)/t11-/m0/s1. The minimum Gasteiger partial charge on any atom is -0.484 e. The van der Waals surface area contributed by atoms with Crippen molar-refractivity contribution >= 4 is 5.91 Å². The Bertz CT molecular complexity index is 614. The van der Waals surface area contributed by atoms with Gasteiger partial charge in [-0.3, -0.25) is 4.79 Å². The number of carbonyl (C=O) groups excluding carboxylic acids is 1. The molecule has 0 aliphatic heterocycles. The molecule has 5 heteroatoms. The molecule has 102 valence electrons. The summed E-state index contributed by atoms with van der Waals surface area (Å²) in [5.41, 5.74) is 0.492. The van der Waals surface area contributed by atoms with E-state index in [0.29, 0.717) is 17.1 Å². The lowest BCUT2D eigenvalue weighted by atomic mass is 10.2. The fraction of sp³-hybridized carbons (Fsp3) is 0.200. The minimum atomic E-state index is -0.253. The summed E-state index contributed by atoms with van der Waals surface area (Å²) < 4.78 is 10.5. The molecule has 0 saturated heterocycles. The summed E-state index contributed by atoms with van der Waals surface area (Å²) in [6.45, 7) is 1.72. The van der Waals surface area contributed by atoms with Gasteiger partial charge in [0.2, 0.25) is 0 Å². The number of nitrogens with zero attached hydrogens (tertiary/aromatic N) is 1. The van der Waals surface area contributed by atoms with Crippen LogP contribution in [0.15, 0.2) is 47.1 Å². The number of amides is 1. The highest BCUT2D eigenvalue weighted by Crippen LogP contribution is 2.14. The molecule has 2 rings (SSSR count). The average molecular weight is 270 g/mol. The SMILES string of the molecule is C[C@H](NC(=O)COc1cccc(C#N)c1)c1ccco1. The maximum absolute atomic E-state index is 11.7. The van der Waals surface area contributed by atoms with Crippen LogP contribution in [0.25, 0.3) is 0 Å². The molecular weight excluding hydrogens is 256 g/mol. The molecular formula is C15H14N2O3. The predicted molar refractivity (Wildman–Crippen MR) is 71.9 cm³/mol. The van der Waals surface area contributed by atoms with Gasteiger partial charge < -0.3 is 14.5 Å². The summed E-state index contributed by atoms with van der Waals surface area (Å²) in [6, 6.07) is 12.0. The molecule has 0 fully saturated rings. The van der Waals surface area contributed by atoms with E-state index in [2.05, 4.69) is 5.32 Å². The molecule has 1 aromatic heterocycles. The third kappa shape index (κ3) is 3.62. The van der Waals surface area contributed by atoms with E-state index >= 15 is 0 Å². The molecule has 2 aromatic rings. The Kier molecular flexibility index (Phi) is 4.40. The van der Waals surface area contributed by atoms with Gasteiger partial charge in [-0.25, -0.2) is 0 Å². The number of carbonyl (C=O) groups is 1. The van der Waals surface area contributed by atoms with Gasteiger partial charge in [0, 0.05) is 0 Å². The molecule has 5 nitrogen and oxygen atoms in total. The van der Waals surface area contributed by atoms with Gasteiger partial charge in [-0.2, -0.15) is 5.26 Å². The van der Waals surface area contributed by atoms with Crippen LogP contribution in [0.1, 0.15) is 24.3 Å². The molecule has 0 bridgehead atoms. The molecule has 0 radical (unpaired) electrons. The van der Waals surface area contributed by atoms with E-state index < -0.39 is 0 Å². The molecule has 1 aromatic carbocycles. The fourth-order valence-corrected chi connectivity index (χ4v) is 1.70. The molecule has 1 heterocycles. The largest absolute Gasteiger partial charge is 0.484 e. The first kappa shape index (κ1) is 13.7. The van der Waals surface area contributed by atoms with Crippen LogP contribution >= 0.6 is 0 Å². The zero-order chi connectivity index (χ0) is 14.4. The van der Waals surface area contributed by atoms with Crippen LogP contribution in [0.5, 0.6) is 5.75 Å². The summed E-state index contributed by atoms with van der Waals surface area (Å²) in [5.74, 6) is 0.922. The van der Waals surface area contributed by atoms with Gasteiger partial charge >= 0.3 is 0 Å². The first-order valence-electron chi connectivity index (χ1n) is 6.15. The normalized spacial score (nSPS) is 11.4. The van der Waals surface area contributed by atoms with Crippen molar-refractivity contribution in [2.45, 2.75) is 13.0 Å². The third-order valence-electron chi connectivity index (χ3n) is 2.68. The monoisotopic (exact) mass is 270 g/mol. The van der Waals surface area contributed by atoms with Crippen LogP contribution in [0.4, 0.5) is 0 Å². The van der Waals surface area contributed by atoms with Crippen LogP contribution in [0, 0.1) is 11.3 Å². The summed E-state index contributed by atoms with van der Waals surface area (Å²) in [4.78, 5) is 11.7. The summed E-state index contributed by atoms with van der Waals surface area (Å²) >= 11 is 0. The number of hydrogen-bond acceptors (Lipinski definition) is 4. The third-order valence-corrected chi connectivity index (χ3v) is 2.68. The van der Waals surface area contributed by atoms with Gasteiger partial charge in [0.05, 0.1) is 23.9 Å². The van der Waals surface area contributed by atoms with Crippen LogP contribution in [-0.4, -0.2) is 12.5 Å². The summed E-state index contributed by atoms with van der Waals surface area (Å²) in [6.07, 6.45) is 1.56. The van der Waals surface area contributed by atoms with Crippen molar-refractivity contribution in [2.75, 3.05) is 6.61 Å². The first-order chi connectivity index (χ1) is 9.69. The maximum Gasteiger partial charge on any atom is 0.258 e. The van der Waals surface area contributed by atoms with E-state index in [1.165, 1.54) is 0 Å². The van der Waals surface area contributed by atoms with Crippen molar-refractivity contribution in [2.24, 2.45) is 0 Å². The number of rotatable bonds is 5. The van der Waals surface area contributed by atoms with E-state index in [1.54, 1.807) is 42.7 Å². The first-order valence-corrected chi connectivity index (χ1v) is 6.15. The Morgan fingerprint density at radius 1 is 1.45 bits per heavy atom. The van der Waals surface area contributed by atoms with Crippen molar-refractivity contribution in [3.8, 4) is 11.8 Å². The molecule has 0 unspecified atom stereocenters. The molecule has 0 saturated carbocycles. The minimum absolute atomic E-state index is 0.111. The lowest BCUT2D eigenvalue weighted by molar-refractivity contribution is -0.123. The number of hydrogen-bond donors (Lipinski definition) is 1. The molecule has 0 aliphatic rings. The zero-order valence-corrected chi connectivity index (χ0v) is 11.0. The average Bonchev–Trinajstić information content (AvgIpc) is 2.99. The summed E-state index contributed by atoms with van der Waals surface area (Å²) in [7, 11) is 0. The van der Waals surface area contributed by atoms with Crippen molar-refractivity contribution in [3.63, 3.8) is 0 Å². The van der Waals surface area contributed by atoms with Gasteiger partial charge in [0.25, 0.3) is 5.91 Å². The zero-order valence-electron chi connectivity index (χ0n) is 11.0. The highest BCUT2D eigenvalue weighted by atomic mass is 16.5. The highest BCUT2D eigenvalue weighted by Gasteiger charge is 2.12. The van der Waals surface area contributed by atoms with E-state index in [0.717, 1.165) is 0 Å². The van der Waals surface area contributed by atoms with Crippen molar-refractivity contribution < 1.29 is 13.9 Å². The Morgan fingerprint density at radius 2 is 2.30 bits per heavy atom. The predicted octanol–water partition coefficient (Wildman–Crippen LogP) is 2.41. The van der Waals surface area contributed by atoms with Gasteiger partial charge in [-0.05, 0) is 37.3 Å². The Labute approximate surface area is 116 Å². The van der Waals surface area contributed by atoms with Crippen LogP contribution in [0.2, 0.25) is 0 Å². The number of nitrogens with one attached hydrogen (secondary N) is 1. The highest BCUT2D eigenvalue weighted by molar-refractivity contribution is 5.77. The second-order valence-electron chi connectivity index (χ2n) is 4.23. The molecule has 0 aliphatic carbocycles. The lowest BCUT2D eigenvalue weighted by Gasteiger charge is -2.12. The molecule has 1 atom stereocenters.